The molecule has 0 aromatic carbocycles. The van der Waals surface area contributed by atoms with Gasteiger partial charge in [0.1, 0.15) is 5.41 Å². The van der Waals surface area contributed by atoms with Crippen molar-refractivity contribution in [1.82, 2.24) is 0 Å². The number of Topliss-reactive ketones (excluding diaryl/α,β-unsaturated/α-hetero) is 1. The first-order valence-electron chi connectivity index (χ1n) is 7.38. The largest absolute Gasteiger partial charge is 0.468 e. The van der Waals surface area contributed by atoms with Gasteiger partial charge in [0, 0.05) is 5.92 Å². The van der Waals surface area contributed by atoms with Gasteiger partial charge in [-0.15, -0.1) is 0 Å². The van der Waals surface area contributed by atoms with Crippen molar-refractivity contribution in [2.45, 2.75) is 52.9 Å². The predicted octanol–water partition coefficient (Wildman–Crippen LogP) is 2.97. The van der Waals surface area contributed by atoms with Gasteiger partial charge in [-0.1, -0.05) is 20.8 Å². The molecule has 3 aliphatic carbocycles. The van der Waals surface area contributed by atoms with E-state index in [2.05, 4.69) is 20.8 Å². The molecule has 19 heavy (non-hydrogen) atoms. The van der Waals surface area contributed by atoms with E-state index in [0.717, 1.165) is 25.7 Å². The first-order chi connectivity index (χ1) is 8.75. The molecular weight excluding hydrogens is 240 g/mol. The zero-order valence-corrected chi connectivity index (χ0v) is 12.4. The normalized spacial score (nSPS) is 47.1. The number of ether oxygens (including phenoxy) is 1. The van der Waals surface area contributed by atoms with Gasteiger partial charge in [-0.25, -0.2) is 0 Å². The highest BCUT2D eigenvalue weighted by molar-refractivity contribution is 6.07. The van der Waals surface area contributed by atoms with E-state index in [1.54, 1.807) is 0 Å². The Morgan fingerprint density at radius 3 is 2.47 bits per heavy atom. The summed E-state index contributed by atoms with van der Waals surface area (Å²) in [4.78, 5) is 25.4. The summed E-state index contributed by atoms with van der Waals surface area (Å²) < 4.78 is 5.04. The Bertz CT molecular complexity index is 453. The van der Waals surface area contributed by atoms with Crippen molar-refractivity contribution in [1.29, 1.82) is 0 Å². The predicted molar refractivity (Wildman–Crippen MR) is 71.4 cm³/mol. The van der Waals surface area contributed by atoms with Crippen LogP contribution in [0.4, 0.5) is 0 Å². The highest BCUT2D eigenvalue weighted by Crippen LogP contribution is 2.67. The van der Waals surface area contributed by atoms with Crippen molar-refractivity contribution in [2.75, 3.05) is 7.11 Å². The number of esters is 1. The number of hydrogen-bond donors (Lipinski definition) is 0. The van der Waals surface area contributed by atoms with E-state index in [-0.39, 0.29) is 34.4 Å². The SMILES string of the molecule is COC(=O)[C@]12CC(C)(C)C[C@H]1C[C@]1(C)CC[C@@H]1C2=O. The fourth-order valence-corrected chi connectivity index (χ4v) is 5.22. The van der Waals surface area contributed by atoms with Crippen molar-refractivity contribution in [3.63, 3.8) is 0 Å². The molecule has 3 fully saturated rings. The Morgan fingerprint density at radius 1 is 1.26 bits per heavy atom. The Kier molecular flexibility index (Phi) is 2.50. The lowest BCUT2D eigenvalue weighted by molar-refractivity contribution is -0.176. The van der Waals surface area contributed by atoms with Gasteiger partial charge in [-0.2, -0.15) is 0 Å². The van der Waals surface area contributed by atoms with Gasteiger partial charge in [-0.05, 0) is 48.9 Å². The number of ketones is 1. The van der Waals surface area contributed by atoms with E-state index >= 15 is 0 Å². The molecule has 0 radical (unpaired) electrons. The first-order valence-corrected chi connectivity index (χ1v) is 7.38. The van der Waals surface area contributed by atoms with Crippen molar-refractivity contribution in [3.05, 3.63) is 0 Å². The Balaban J connectivity index is 2.06. The highest BCUT2D eigenvalue weighted by atomic mass is 16.5. The van der Waals surface area contributed by atoms with Gasteiger partial charge in [0.25, 0.3) is 0 Å². The zero-order valence-electron chi connectivity index (χ0n) is 12.4. The van der Waals surface area contributed by atoms with Crippen LogP contribution in [0.2, 0.25) is 0 Å². The molecule has 0 aromatic heterocycles. The van der Waals surface area contributed by atoms with Gasteiger partial charge in [0.15, 0.2) is 5.78 Å². The monoisotopic (exact) mass is 264 g/mol. The molecule has 3 aliphatic rings. The summed E-state index contributed by atoms with van der Waals surface area (Å²) in [6.07, 6.45) is 4.75. The number of methoxy groups -OCH3 is 1. The maximum atomic E-state index is 13.0. The average Bonchev–Trinajstić information content (AvgIpc) is 2.58. The lowest BCUT2D eigenvalue weighted by Gasteiger charge is -2.56. The molecule has 0 saturated heterocycles. The first kappa shape index (κ1) is 13.1. The fourth-order valence-electron chi connectivity index (χ4n) is 5.22. The third-order valence-electron chi connectivity index (χ3n) is 6.12. The van der Waals surface area contributed by atoms with Crippen LogP contribution in [-0.4, -0.2) is 18.9 Å². The minimum atomic E-state index is -0.831. The highest BCUT2D eigenvalue weighted by Gasteiger charge is 2.69. The second-order valence-electron chi connectivity index (χ2n) is 8.02. The molecule has 0 heterocycles. The maximum Gasteiger partial charge on any atom is 0.319 e. The van der Waals surface area contributed by atoms with Crippen LogP contribution in [0.1, 0.15) is 52.9 Å². The molecule has 0 aliphatic heterocycles. The molecule has 0 unspecified atom stereocenters. The van der Waals surface area contributed by atoms with Crippen LogP contribution in [0, 0.1) is 28.1 Å². The molecule has 3 rings (SSSR count). The molecule has 106 valence electrons. The molecule has 0 aromatic rings. The van der Waals surface area contributed by atoms with Crippen LogP contribution in [0.25, 0.3) is 0 Å². The number of carbonyl (C=O) groups excluding carboxylic acids is 2. The van der Waals surface area contributed by atoms with E-state index in [1.807, 2.05) is 0 Å². The lowest BCUT2D eigenvalue weighted by Crippen LogP contribution is -2.59. The van der Waals surface area contributed by atoms with Crippen LogP contribution in [-0.2, 0) is 14.3 Å². The fraction of sp³-hybridized carbons (Fsp3) is 0.875. The molecule has 0 N–H and O–H groups in total. The van der Waals surface area contributed by atoms with Crippen LogP contribution < -0.4 is 0 Å². The van der Waals surface area contributed by atoms with Gasteiger partial charge in [0.2, 0.25) is 0 Å². The second-order valence-corrected chi connectivity index (χ2v) is 8.02. The van der Waals surface area contributed by atoms with E-state index in [0.29, 0.717) is 6.42 Å². The summed E-state index contributed by atoms with van der Waals surface area (Å²) in [5, 5.41) is 0. The number of carbonyl (C=O) groups is 2. The summed E-state index contributed by atoms with van der Waals surface area (Å²) >= 11 is 0. The number of fused-ring (bicyclic) bond motifs is 2. The van der Waals surface area contributed by atoms with Crippen LogP contribution in [0.5, 0.6) is 0 Å². The second kappa shape index (κ2) is 3.62. The third-order valence-corrected chi connectivity index (χ3v) is 6.12. The number of hydrogen-bond acceptors (Lipinski definition) is 3. The van der Waals surface area contributed by atoms with E-state index in [1.165, 1.54) is 7.11 Å². The minimum Gasteiger partial charge on any atom is -0.468 e. The quantitative estimate of drug-likeness (QED) is 0.540. The van der Waals surface area contributed by atoms with E-state index in [4.69, 9.17) is 4.74 Å². The Hall–Kier alpha value is -0.860. The van der Waals surface area contributed by atoms with Gasteiger partial charge in [0.05, 0.1) is 7.11 Å². The summed E-state index contributed by atoms with van der Waals surface area (Å²) in [6, 6.07) is 0. The third kappa shape index (κ3) is 1.50. The van der Waals surface area contributed by atoms with Gasteiger partial charge < -0.3 is 4.74 Å². The Morgan fingerprint density at radius 2 is 1.95 bits per heavy atom. The standard InChI is InChI=1S/C16H24O3/c1-14(2)7-10-8-15(3)6-5-11(15)12(17)16(10,9-14)13(18)19-4/h10-11H,5-9H2,1-4H3/t10-,11+,15-,16+/m0/s1. The summed E-state index contributed by atoms with van der Waals surface area (Å²) in [5.41, 5.74) is -0.614. The van der Waals surface area contributed by atoms with Crippen molar-refractivity contribution >= 4 is 11.8 Å². The molecule has 3 nitrogen and oxygen atoms in total. The van der Waals surface area contributed by atoms with Crippen molar-refractivity contribution < 1.29 is 14.3 Å². The van der Waals surface area contributed by atoms with E-state index < -0.39 is 5.41 Å². The molecule has 0 bridgehead atoms. The average molecular weight is 264 g/mol. The minimum absolute atomic E-state index is 0.0641. The molecule has 3 heteroatoms. The van der Waals surface area contributed by atoms with Crippen LogP contribution in [0.15, 0.2) is 0 Å². The van der Waals surface area contributed by atoms with Gasteiger partial charge in [-0.3, -0.25) is 9.59 Å². The molecule has 3 saturated carbocycles. The molecule has 4 atom stereocenters. The zero-order chi connectivity index (χ0) is 14.1. The summed E-state index contributed by atoms with van der Waals surface area (Å²) in [7, 11) is 1.42. The molecular formula is C16H24O3. The summed E-state index contributed by atoms with van der Waals surface area (Å²) in [5.74, 6) is 0.192. The van der Waals surface area contributed by atoms with Crippen LogP contribution in [0.3, 0.4) is 0 Å². The van der Waals surface area contributed by atoms with Crippen molar-refractivity contribution in [3.8, 4) is 0 Å². The molecule has 0 amide bonds. The number of rotatable bonds is 1. The smallest absolute Gasteiger partial charge is 0.319 e. The summed E-state index contributed by atoms with van der Waals surface area (Å²) in [6.45, 7) is 6.58. The lowest BCUT2D eigenvalue weighted by atomic mass is 9.46. The topological polar surface area (TPSA) is 43.4 Å². The van der Waals surface area contributed by atoms with Gasteiger partial charge >= 0.3 is 5.97 Å². The van der Waals surface area contributed by atoms with E-state index in [9.17, 15) is 9.59 Å². The Labute approximate surface area is 115 Å². The molecule has 0 spiro atoms. The van der Waals surface area contributed by atoms with Crippen LogP contribution >= 0.6 is 0 Å². The maximum absolute atomic E-state index is 13.0. The van der Waals surface area contributed by atoms with Crippen molar-refractivity contribution in [2.24, 2.45) is 28.1 Å².